The molecule has 0 spiro atoms. The van der Waals surface area contributed by atoms with Gasteiger partial charge in [-0.1, -0.05) is 18.2 Å². The summed E-state index contributed by atoms with van der Waals surface area (Å²) in [5.74, 6) is 0.736. The normalized spacial score (nSPS) is 17.4. The van der Waals surface area contributed by atoms with Crippen LogP contribution in [0.1, 0.15) is 18.4 Å². The van der Waals surface area contributed by atoms with E-state index in [1.807, 2.05) is 0 Å². The van der Waals surface area contributed by atoms with E-state index < -0.39 is 0 Å². The lowest BCUT2D eigenvalue weighted by Gasteiger charge is -2.22. The molecule has 96 valence electrons. The summed E-state index contributed by atoms with van der Waals surface area (Å²) >= 11 is 0. The first-order chi connectivity index (χ1) is 8.88. The zero-order chi connectivity index (χ0) is 12.4. The Bertz CT molecular complexity index is 526. The fourth-order valence-electron chi connectivity index (χ4n) is 2.84. The van der Waals surface area contributed by atoms with Gasteiger partial charge in [-0.3, -0.25) is 0 Å². The smallest absolute Gasteiger partial charge is 0.0483 e. The van der Waals surface area contributed by atoms with Crippen LogP contribution in [0.3, 0.4) is 0 Å². The van der Waals surface area contributed by atoms with Crippen LogP contribution in [0.15, 0.2) is 30.5 Å². The van der Waals surface area contributed by atoms with Crippen LogP contribution < -0.4 is 5.73 Å². The number of nitrogens with two attached hydrogens (primary N) is 1. The van der Waals surface area contributed by atoms with E-state index in [1.165, 1.54) is 29.3 Å². The lowest BCUT2D eigenvalue weighted by molar-refractivity contribution is 0.0616. The Morgan fingerprint density at radius 2 is 2.00 bits per heavy atom. The summed E-state index contributed by atoms with van der Waals surface area (Å²) in [6, 6.07) is 8.54. The van der Waals surface area contributed by atoms with Gasteiger partial charge < -0.3 is 15.0 Å². The van der Waals surface area contributed by atoms with Gasteiger partial charge in [0, 0.05) is 43.4 Å². The summed E-state index contributed by atoms with van der Waals surface area (Å²) in [5, 5.41) is 1.30. The van der Waals surface area contributed by atoms with E-state index in [4.69, 9.17) is 10.5 Å². The van der Waals surface area contributed by atoms with Crippen LogP contribution in [0, 0.1) is 5.92 Å². The number of aromatic nitrogens is 1. The second-order valence-electron chi connectivity index (χ2n) is 5.08. The van der Waals surface area contributed by atoms with E-state index in [1.54, 1.807) is 0 Å². The van der Waals surface area contributed by atoms with E-state index in [2.05, 4.69) is 35.0 Å². The Labute approximate surface area is 108 Å². The average molecular weight is 244 g/mol. The molecule has 0 unspecified atom stereocenters. The minimum atomic E-state index is 0.612. The van der Waals surface area contributed by atoms with E-state index in [9.17, 15) is 0 Å². The predicted molar refractivity (Wildman–Crippen MR) is 73.4 cm³/mol. The molecular weight excluding hydrogens is 224 g/mol. The van der Waals surface area contributed by atoms with Crippen LogP contribution in [0.2, 0.25) is 0 Å². The van der Waals surface area contributed by atoms with E-state index >= 15 is 0 Å². The van der Waals surface area contributed by atoms with Crippen LogP contribution in [-0.2, 0) is 17.8 Å². The number of hydrogen-bond acceptors (Lipinski definition) is 2. The Balaban J connectivity index is 1.91. The topological polar surface area (TPSA) is 40.2 Å². The third kappa shape index (κ3) is 2.16. The molecule has 0 radical (unpaired) electrons. The Morgan fingerprint density at radius 1 is 1.22 bits per heavy atom. The monoisotopic (exact) mass is 244 g/mol. The standard InChI is InChI=1S/C15H20N2O/c16-9-13-11-17(10-12-5-7-18-8-6-12)15-4-2-1-3-14(13)15/h1-4,11-12H,5-10,16H2. The lowest BCUT2D eigenvalue weighted by Crippen LogP contribution is -2.20. The van der Waals surface area contributed by atoms with Gasteiger partial charge in [0.15, 0.2) is 0 Å². The zero-order valence-corrected chi connectivity index (χ0v) is 10.6. The zero-order valence-electron chi connectivity index (χ0n) is 10.6. The highest BCUT2D eigenvalue weighted by Crippen LogP contribution is 2.24. The minimum absolute atomic E-state index is 0.612. The maximum Gasteiger partial charge on any atom is 0.0483 e. The molecule has 3 heteroatoms. The van der Waals surface area contributed by atoms with Gasteiger partial charge in [0.25, 0.3) is 0 Å². The number of hydrogen-bond donors (Lipinski definition) is 1. The number of rotatable bonds is 3. The lowest BCUT2D eigenvalue weighted by atomic mass is 10.0. The minimum Gasteiger partial charge on any atom is -0.381 e. The molecule has 1 aliphatic heterocycles. The molecule has 0 bridgehead atoms. The summed E-state index contributed by atoms with van der Waals surface area (Å²) in [5.41, 5.74) is 8.39. The van der Waals surface area contributed by atoms with Gasteiger partial charge in [0.1, 0.15) is 0 Å². The van der Waals surface area contributed by atoms with Gasteiger partial charge in [-0.2, -0.15) is 0 Å². The molecule has 1 aromatic carbocycles. The molecule has 0 aliphatic carbocycles. The number of para-hydroxylation sites is 1. The third-order valence-corrected chi connectivity index (χ3v) is 3.89. The maximum absolute atomic E-state index is 5.83. The van der Waals surface area contributed by atoms with Gasteiger partial charge in [-0.15, -0.1) is 0 Å². The molecule has 2 N–H and O–H groups in total. The van der Waals surface area contributed by atoms with E-state index in [-0.39, 0.29) is 0 Å². The van der Waals surface area contributed by atoms with Gasteiger partial charge in [0.2, 0.25) is 0 Å². The maximum atomic E-state index is 5.83. The Kier molecular flexibility index (Phi) is 3.35. The van der Waals surface area contributed by atoms with Crippen molar-refractivity contribution in [2.24, 2.45) is 11.7 Å². The largest absolute Gasteiger partial charge is 0.381 e. The quantitative estimate of drug-likeness (QED) is 0.901. The Morgan fingerprint density at radius 3 is 2.78 bits per heavy atom. The molecule has 2 heterocycles. The van der Waals surface area contributed by atoms with Crippen LogP contribution >= 0.6 is 0 Å². The fourth-order valence-corrected chi connectivity index (χ4v) is 2.84. The van der Waals surface area contributed by atoms with Crippen molar-refractivity contribution < 1.29 is 4.74 Å². The molecule has 1 aliphatic rings. The first-order valence-corrected chi connectivity index (χ1v) is 6.73. The molecule has 0 atom stereocenters. The van der Waals surface area contributed by atoms with Gasteiger partial charge in [-0.25, -0.2) is 0 Å². The van der Waals surface area contributed by atoms with Crippen LogP contribution in [0.4, 0.5) is 0 Å². The fraction of sp³-hybridized carbons (Fsp3) is 0.467. The molecular formula is C15H20N2O. The number of benzene rings is 1. The molecule has 3 nitrogen and oxygen atoms in total. The summed E-state index contributed by atoms with van der Waals surface area (Å²) in [6.07, 6.45) is 4.56. The molecule has 0 amide bonds. The van der Waals surface area contributed by atoms with Crippen molar-refractivity contribution in [3.63, 3.8) is 0 Å². The first-order valence-electron chi connectivity index (χ1n) is 6.73. The first kappa shape index (κ1) is 11.8. The molecule has 3 rings (SSSR count). The highest BCUT2D eigenvalue weighted by molar-refractivity contribution is 5.83. The van der Waals surface area contributed by atoms with E-state index in [0.29, 0.717) is 6.54 Å². The van der Waals surface area contributed by atoms with Gasteiger partial charge >= 0.3 is 0 Å². The van der Waals surface area contributed by atoms with Gasteiger partial charge in [0.05, 0.1) is 0 Å². The predicted octanol–water partition coefficient (Wildman–Crippen LogP) is 2.53. The molecule has 2 aromatic rings. The van der Waals surface area contributed by atoms with Crippen LogP contribution in [-0.4, -0.2) is 17.8 Å². The van der Waals surface area contributed by atoms with Crippen LogP contribution in [0.25, 0.3) is 10.9 Å². The Hall–Kier alpha value is -1.32. The van der Waals surface area contributed by atoms with Crippen molar-refractivity contribution in [2.45, 2.75) is 25.9 Å². The van der Waals surface area contributed by atoms with E-state index in [0.717, 1.165) is 25.7 Å². The molecule has 1 aromatic heterocycles. The van der Waals surface area contributed by atoms with Crippen molar-refractivity contribution in [3.05, 3.63) is 36.0 Å². The highest BCUT2D eigenvalue weighted by atomic mass is 16.5. The second-order valence-corrected chi connectivity index (χ2v) is 5.08. The number of nitrogens with zero attached hydrogens (tertiary/aromatic N) is 1. The van der Waals surface area contributed by atoms with Gasteiger partial charge in [-0.05, 0) is 30.4 Å². The van der Waals surface area contributed by atoms with Crippen molar-refractivity contribution in [2.75, 3.05) is 13.2 Å². The number of ether oxygens (including phenoxy) is 1. The molecule has 0 saturated carbocycles. The van der Waals surface area contributed by atoms with Crippen LogP contribution in [0.5, 0.6) is 0 Å². The summed E-state index contributed by atoms with van der Waals surface area (Å²) in [6.45, 7) is 3.52. The SMILES string of the molecule is NCc1cn(CC2CCOCC2)c2ccccc12. The molecule has 1 fully saturated rings. The van der Waals surface area contributed by atoms with Crippen molar-refractivity contribution in [1.29, 1.82) is 0 Å². The number of fused-ring (bicyclic) bond motifs is 1. The summed E-state index contributed by atoms with van der Waals surface area (Å²) < 4.78 is 7.79. The highest BCUT2D eigenvalue weighted by Gasteiger charge is 2.16. The third-order valence-electron chi connectivity index (χ3n) is 3.89. The summed E-state index contributed by atoms with van der Waals surface area (Å²) in [4.78, 5) is 0. The molecule has 1 saturated heterocycles. The van der Waals surface area contributed by atoms with Crippen molar-refractivity contribution in [1.82, 2.24) is 4.57 Å². The second kappa shape index (κ2) is 5.12. The average Bonchev–Trinajstić information content (AvgIpc) is 2.78. The van der Waals surface area contributed by atoms with Crippen molar-refractivity contribution in [3.8, 4) is 0 Å². The molecule has 18 heavy (non-hydrogen) atoms. The summed E-state index contributed by atoms with van der Waals surface area (Å²) in [7, 11) is 0. The van der Waals surface area contributed by atoms with Crippen molar-refractivity contribution >= 4 is 10.9 Å².